The second kappa shape index (κ2) is 18.5. The number of hydrogen-bond donors (Lipinski definition) is 5. The minimum absolute atomic E-state index is 0.0790. The van der Waals surface area contributed by atoms with E-state index >= 15 is 0 Å². The number of likely N-dealkylation sites (tertiary alicyclic amines) is 1. The lowest BCUT2D eigenvalue weighted by Crippen LogP contribution is -2.57. The highest BCUT2D eigenvalue weighted by atomic mass is 35.5. The first-order valence-corrected chi connectivity index (χ1v) is 19.7. The van der Waals surface area contributed by atoms with E-state index in [1.54, 1.807) is 42.5 Å². The number of carbonyl (C=O) groups is 1. The zero-order chi connectivity index (χ0) is 39.2. The molecule has 0 aromatic heterocycles. The SMILES string of the molecule is O=C1c2ccccc2C(O)N1CCC(O)N(C[C@H](O)[C@H](Cc1ccccc1)NC(O)COc1ccc(Cl)c(Cl)c1)C1CCN(Cc2ccc3c(c2)OCO3)CC1. The summed E-state index contributed by atoms with van der Waals surface area (Å²) in [7, 11) is 0. The van der Waals surface area contributed by atoms with Gasteiger partial charge in [0.1, 0.15) is 24.8 Å². The van der Waals surface area contributed by atoms with Crippen LogP contribution in [0.5, 0.6) is 17.2 Å². The zero-order valence-corrected chi connectivity index (χ0v) is 32.4. The highest BCUT2D eigenvalue weighted by molar-refractivity contribution is 6.42. The van der Waals surface area contributed by atoms with Crippen molar-refractivity contribution < 1.29 is 39.4 Å². The Kier molecular flexibility index (Phi) is 13.3. The van der Waals surface area contributed by atoms with Crippen molar-refractivity contribution in [3.05, 3.63) is 123 Å². The maximum atomic E-state index is 13.2. The molecule has 4 aromatic carbocycles. The molecule has 3 heterocycles. The van der Waals surface area contributed by atoms with Gasteiger partial charge in [0.2, 0.25) is 6.79 Å². The molecule has 0 radical (unpaired) electrons. The Morgan fingerprint density at radius 2 is 1.62 bits per heavy atom. The smallest absolute Gasteiger partial charge is 0.256 e. The second-order valence-electron chi connectivity index (χ2n) is 14.6. The number of nitrogens with one attached hydrogen (secondary N) is 1. The highest BCUT2D eigenvalue weighted by Crippen LogP contribution is 2.34. The van der Waals surface area contributed by atoms with E-state index in [0.29, 0.717) is 33.3 Å². The van der Waals surface area contributed by atoms with Crippen molar-refractivity contribution in [2.24, 2.45) is 0 Å². The van der Waals surface area contributed by atoms with Crippen LogP contribution in [0.25, 0.3) is 0 Å². The molecule has 4 aromatic rings. The first-order valence-electron chi connectivity index (χ1n) is 19.0. The molecule has 7 rings (SSSR count). The number of benzene rings is 4. The molecule has 0 saturated carbocycles. The maximum absolute atomic E-state index is 13.2. The predicted molar refractivity (Wildman–Crippen MR) is 212 cm³/mol. The fraction of sp³-hybridized carbons (Fsp3) is 0.405. The van der Waals surface area contributed by atoms with Crippen LogP contribution >= 0.6 is 23.2 Å². The fourth-order valence-electron chi connectivity index (χ4n) is 7.77. The molecule has 1 fully saturated rings. The highest BCUT2D eigenvalue weighted by Gasteiger charge is 2.37. The Balaban J connectivity index is 1.04. The zero-order valence-electron chi connectivity index (χ0n) is 30.9. The molecule has 0 bridgehead atoms. The van der Waals surface area contributed by atoms with Gasteiger partial charge in [-0.3, -0.25) is 19.9 Å². The Labute approximate surface area is 336 Å². The number of nitrogens with zero attached hydrogens (tertiary/aromatic N) is 3. The number of piperidine rings is 1. The van der Waals surface area contributed by atoms with E-state index in [0.717, 1.165) is 55.1 Å². The summed E-state index contributed by atoms with van der Waals surface area (Å²) in [5.41, 5.74) is 3.07. The van der Waals surface area contributed by atoms with Gasteiger partial charge >= 0.3 is 0 Å². The third-order valence-corrected chi connectivity index (χ3v) is 11.5. The van der Waals surface area contributed by atoms with Gasteiger partial charge in [0.05, 0.1) is 16.1 Å². The Morgan fingerprint density at radius 1 is 0.875 bits per heavy atom. The lowest BCUT2D eigenvalue weighted by molar-refractivity contribution is -0.0797. The van der Waals surface area contributed by atoms with E-state index in [1.807, 2.05) is 53.4 Å². The van der Waals surface area contributed by atoms with E-state index in [4.69, 9.17) is 37.4 Å². The lowest BCUT2D eigenvalue weighted by atomic mass is 9.97. The number of amides is 1. The van der Waals surface area contributed by atoms with Crippen LogP contribution in [-0.4, -0.2) is 111 Å². The van der Waals surface area contributed by atoms with Gasteiger partial charge in [-0.05, 0) is 73.8 Å². The molecule has 56 heavy (non-hydrogen) atoms. The van der Waals surface area contributed by atoms with Crippen LogP contribution in [0.2, 0.25) is 10.0 Å². The number of aliphatic hydroxyl groups is 4. The number of rotatable bonds is 17. The molecule has 3 unspecified atom stereocenters. The minimum atomic E-state index is -1.16. The summed E-state index contributed by atoms with van der Waals surface area (Å²) < 4.78 is 16.8. The van der Waals surface area contributed by atoms with E-state index in [1.165, 1.54) is 4.90 Å². The largest absolute Gasteiger partial charge is 0.489 e. The summed E-state index contributed by atoms with van der Waals surface area (Å²) in [5.74, 6) is 1.64. The summed E-state index contributed by atoms with van der Waals surface area (Å²) in [6, 6.07) is 26.7. The van der Waals surface area contributed by atoms with Crippen molar-refractivity contribution in [3.8, 4) is 17.2 Å². The summed E-state index contributed by atoms with van der Waals surface area (Å²) in [5, 5.41) is 49.9. The Morgan fingerprint density at radius 3 is 2.39 bits per heavy atom. The van der Waals surface area contributed by atoms with Gasteiger partial charge < -0.3 is 39.5 Å². The summed E-state index contributed by atoms with van der Waals surface area (Å²) >= 11 is 12.2. The van der Waals surface area contributed by atoms with Crippen molar-refractivity contribution in [3.63, 3.8) is 0 Å². The number of aliphatic hydroxyl groups excluding tert-OH is 4. The van der Waals surface area contributed by atoms with Gasteiger partial charge in [0.15, 0.2) is 17.7 Å². The van der Waals surface area contributed by atoms with Crippen molar-refractivity contribution >= 4 is 29.1 Å². The molecule has 5 N–H and O–H groups in total. The number of halogens is 2. The summed E-state index contributed by atoms with van der Waals surface area (Å²) in [6.45, 7) is 2.53. The van der Waals surface area contributed by atoms with Crippen molar-refractivity contribution in [2.45, 2.75) is 69.1 Å². The average Bonchev–Trinajstić information content (AvgIpc) is 3.78. The number of carbonyl (C=O) groups excluding carboxylic acids is 1. The van der Waals surface area contributed by atoms with Gasteiger partial charge in [-0.2, -0.15) is 0 Å². The normalized spacial score (nSPS) is 19.2. The molecule has 0 spiro atoms. The molecule has 14 heteroatoms. The molecule has 298 valence electrons. The van der Waals surface area contributed by atoms with Crippen LogP contribution < -0.4 is 19.5 Å². The molecule has 1 amide bonds. The van der Waals surface area contributed by atoms with E-state index in [2.05, 4.69) is 10.2 Å². The van der Waals surface area contributed by atoms with Crippen LogP contribution in [0, 0.1) is 0 Å². The molecule has 3 aliphatic heterocycles. The first kappa shape index (κ1) is 40.3. The van der Waals surface area contributed by atoms with Crippen LogP contribution in [0.4, 0.5) is 0 Å². The first-order chi connectivity index (χ1) is 27.1. The van der Waals surface area contributed by atoms with Gasteiger partial charge in [0, 0.05) is 55.3 Å². The Hall–Kier alpha value is -3.95. The predicted octanol–water partition coefficient (Wildman–Crippen LogP) is 4.80. The number of fused-ring (bicyclic) bond motifs is 2. The third kappa shape index (κ3) is 9.76. The molecular formula is C42H48Cl2N4O8. The standard InChI is InChI=1S/C42H48Cl2N4O8/c43-33-12-11-30(22-34(33)44)54-25-39(50)45-35(20-27-6-2-1-3-7-27)36(49)24-48(40(51)16-19-47-41(52)31-8-4-5-9-32(31)42(47)53)29-14-17-46(18-15-29)23-28-10-13-37-38(21-28)56-26-55-37/h1-13,21-22,29,35-36,39-41,45,49-52H,14-20,23-26H2/t35-,36-,39?,40?,41?/m0/s1. The molecule has 5 atom stereocenters. The number of ether oxygens (including phenoxy) is 3. The van der Waals surface area contributed by atoms with Gasteiger partial charge in [0.25, 0.3) is 5.91 Å². The molecule has 0 aliphatic carbocycles. The topological polar surface area (TPSA) is 147 Å². The van der Waals surface area contributed by atoms with Crippen molar-refractivity contribution in [1.29, 1.82) is 0 Å². The van der Waals surface area contributed by atoms with Crippen LogP contribution in [0.3, 0.4) is 0 Å². The van der Waals surface area contributed by atoms with Crippen LogP contribution in [-0.2, 0) is 13.0 Å². The van der Waals surface area contributed by atoms with E-state index in [9.17, 15) is 25.2 Å². The van der Waals surface area contributed by atoms with Crippen molar-refractivity contribution in [2.75, 3.05) is 39.6 Å². The van der Waals surface area contributed by atoms with Crippen molar-refractivity contribution in [1.82, 2.24) is 20.0 Å². The van der Waals surface area contributed by atoms with Crippen LogP contribution in [0.15, 0.2) is 91.0 Å². The van der Waals surface area contributed by atoms with Gasteiger partial charge in [-0.25, -0.2) is 0 Å². The van der Waals surface area contributed by atoms with E-state index in [-0.39, 0.29) is 44.9 Å². The summed E-state index contributed by atoms with van der Waals surface area (Å²) in [6.07, 6.45) is -2.36. The minimum Gasteiger partial charge on any atom is -0.489 e. The maximum Gasteiger partial charge on any atom is 0.256 e. The summed E-state index contributed by atoms with van der Waals surface area (Å²) in [4.78, 5) is 18.9. The monoisotopic (exact) mass is 806 g/mol. The lowest BCUT2D eigenvalue weighted by Gasteiger charge is -2.43. The second-order valence-corrected chi connectivity index (χ2v) is 15.4. The molecule has 3 aliphatic rings. The number of hydrogen-bond acceptors (Lipinski definition) is 11. The molecular weight excluding hydrogens is 759 g/mol. The van der Waals surface area contributed by atoms with Gasteiger partial charge in [-0.15, -0.1) is 0 Å². The van der Waals surface area contributed by atoms with Crippen LogP contribution in [0.1, 0.15) is 52.5 Å². The molecule has 12 nitrogen and oxygen atoms in total. The quantitative estimate of drug-likeness (QED) is 0.0938. The molecule has 1 saturated heterocycles. The third-order valence-electron chi connectivity index (χ3n) is 10.8. The average molecular weight is 808 g/mol. The Bertz CT molecular complexity index is 1930. The fourth-order valence-corrected chi connectivity index (χ4v) is 8.06. The van der Waals surface area contributed by atoms with Gasteiger partial charge in [-0.1, -0.05) is 77.8 Å². The van der Waals surface area contributed by atoms with E-state index < -0.39 is 30.8 Å².